The van der Waals surface area contributed by atoms with Gasteiger partial charge in [-0.15, -0.1) is 5.10 Å². The third kappa shape index (κ3) is 6.17. The summed E-state index contributed by atoms with van der Waals surface area (Å²) in [6.45, 7) is 1.43. The fourth-order valence-electron chi connectivity index (χ4n) is 4.28. The second kappa shape index (κ2) is 11.0. The second-order valence-electron chi connectivity index (χ2n) is 8.90. The number of hydrogen-bond donors (Lipinski definition) is 1. The van der Waals surface area contributed by atoms with E-state index in [4.69, 9.17) is 0 Å². The number of sulfonamides is 1. The molecule has 4 aromatic rings. The fraction of sp³-hybridized carbons (Fsp3) is 0.375. The van der Waals surface area contributed by atoms with Gasteiger partial charge in [0.1, 0.15) is 12.0 Å². The summed E-state index contributed by atoms with van der Waals surface area (Å²) in [6, 6.07) is 13.2. The van der Waals surface area contributed by atoms with Crippen LogP contribution in [0.5, 0.6) is 0 Å². The van der Waals surface area contributed by atoms with Crippen LogP contribution in [-0.2, 0) is 16.6 Å². The highest BCUT2D eigenvalue weighted by Gasteiger charge is 2.25. The average Bonchev–Trinajstić information content (AvgIpc) is 3.37. The molecule has 0 unspecified atom stereocenters. The summed E-state index contributed by atoms with van der Waals surface area (Å²) >= 11 is 1.53. The van der Waals surface area contributed by atoms with Gasteiger partial charge in [0.2, 0.25) is 16.0 Å². The molecule has 0 spiro atoms. The van der Waals surface area contributed by atoms with Crippen molar-refractivity contribution in [1.82, 2.24) is 33.0 Å². The number of benzene rings is 1. The number of nitrogens with zero attached hydrogens (tertiary/aromatic N) is 7. The van der Waals surface area contributed by atoms with Crippen molar-refractivity contribution in [2.75, 3.05) is 30.4 Å². The summed E-state index contributed by atoms with van der Waals surface area (Å²) in [7, 11) is -3.18. The number of rotatable bonds is 9. The maximum atomic E-state index is 12.7. The zero-order chi connectivity index (χ0) is 25.8. The summed E-state index contributed by atoms with van der Waals surface area (Å²) in [5.41, 5.74) is 1.43. The van der Waals surface area contributed by atoms with Gasteiger partial charge in [-0.25, -0.2) is 22.7 Å². The minimum atomic E-state index is -3.18. The molecule has 37 heavy (non-hydrogen) atoms. The molecule has 5 rings (SSSR count). The highest BCUT2D eigenvalue weighted by molar-refractivity contribution is 7.97. The monoisotopic (exact) mass is 540 g/mol. The molecule has 1 aliphatic heterocycles. The molecule has 1 fully saturated rings. The van der Waals surface area contributed by atoms with Crippen LogP contribution in [0, 0.1) is 0 Å². The van der Waals surface area contributed by atoms with Crippen molar-refractivity contribution in [3.05, 3.63) is 65.3 Å². The van der Waals surface area contributed by atoms with Crippen LogP contribution in [0.2, 0.25) is 0 Å². The van der Waals surface area contributed by atoms with Crippen molar-refractivity contribution < 1.29 is 8.42 Å². The summed E-state index contributed by atoms with van der Waals surface area (Å²) in [6.07, 6.45) is 6.72. The molecule has 0 amide bonds. The molecule has 1 aliphatic rings. The van der Waals surface area contributed by atoms with Crippen LogP contribution in [0.4, 0.5) is 5.95 Å². The lowest BCUT2D eigenvalue weighted by atomic mass is 10.1. The molecule has 194 valence electrons. The Morgan fingerprint density at radius 2 is 1.86 bits per heavy atom. The van der Waals surface area contributed by atoms with Gasteiger partial charge < -0.3 is 5.32 Å². The standard InChI is InChI=1S/C24H28N8O3S2/c1-37(34,35)30-13-10-20(11-14-30)27-24-25-16-19-8-9-21(33)31(23(19)28-24)12-5-15-36-32-17-26-22(29-32)18-6-3-2-4-7-18/h2-4,6-9,16-17,20H,5,10-15H2,1H3,(H,25,27,28). The van der Waals surface area contributed by atoms with Gasteiger partial charge in [0.25, 0.3) is 5.56 Å². The highest BCUT2D eigenvalue weighted by atomic mass is 32.2. The van der Waals surface area contributed by atoms with Gasteiger partial charge in [-0.2, -0.15) is 9.07 Å². The number of pyridine rings is 1. The largest absolute Gasteiger partial charge is 0.351 e. The third-order valence-corrected chi connectivity index (χ3v) is 8.45. The molecule has 1 saturated heterocycles. The topological polar surface area (TPSA) is 128 Å². The van der Waals surface area contributed by atoms with E-state index < -0.39 is 10.0 Å². The molecule has 0 bridgehead atoms. The molecular formula is C24H28N8O3S2. The SMILES string of the molecule is CS(=O)(=O)N1CCC(Nc2ncc3ccc(=O)n(CCCSn4cnc(-c5ccccc5)n4)c3n2)CC1. The summed E-state index contributed by atoms with van der Waals surface area (Å²) in [5, 5.41) is 8.61. The predicted octanol–water partition coefficient (Wildman–Crippen LogP) is 2.47. The Kier molecular flexibility index (Phi) is 7.53. The lowest BCUT2D eigenvalue weighted by Crippen LogP contribution is -2.42. The van der Waals surface area contributed by atoms with Crippen LogP contribution in [0.15, 0.2) is 59.8 Å². The molecule has 1 aromatic carbocycles. The van der Waals surface area contributed by atoms with Crippen molar-refractivity contribution in [2.45, 2.75) is 31.8 Å². The van der Waals surface area contributed by atoms with Gasteiger partial charge in [-0.05, 0) is 37.3 Å². The lowest BCUT2D eigenvalue weighted by molar-refractivity contribution is 0.331. The number of aryl methyl sites for hydroxylation is 1. The van der Waals surface area contributed by atoms with E-state index in [9.17, 15) is 13.2 Å². The Labute approximate surface area is 219 Å². The first-order valence-corrected chi connectivity index (χ1v) is 14.8. The molecule has 3 aromatic heterocycles. The maximum absolute atomic E-state index is 12.7. The fourth-order valence-corrected chi connectivity index (χ4v) is 5.85. The summed E-state index contributed by atoms with van der Waals surface area (Å²) < 4.78 is 28.4. The van der Waals surface area contributed by atoms with Gasteiger partial charge in [0.05, 0.1) is 6.26 Å². The Bertz CT molecular complexity index is 1530. The minimum Gasteiger partial charge on any atom is -0.351 e. The van der Waals surface area contributed by atoms with E-state index in [1.165, 1.54) is 28.6 Å². The first-order valence-electron chi connectivity index (χ1n) is 12.1. The normalized spacial score (nSPS) is 15.3. The van der Waals surface area contributed by atoms with Gasteiger partial charge in [0.15, 0.2) is 5.82 Å². The van der Waals surface area contributed by atoms with E-state index in [0.717, 1.165) is 23.1 Å². The molecule has 0 atom stereocenters. The lowest BCUT2D eigenvalue weighted by Gasteiger charge is -2.30. The van der Waals surface area contributed by atoms with Crippen LogP contribution in [0.3, 0.4) is 0 Å². The third-order valence-electron chi connectivity index (χ3n) is 6.23. The van der Waals surface area contributed by atoms with E-state index in [1.807, 2.05) is 30.3 Å². The molecular weight excluding hydrogens is 512 g/mol. The first kappa shape index (κ1) is 25.4. The first-order chi connectivity index (χ1) is 17.9. The Balaban J connectivity index is 1.21. The smallest absolute Gasteiger partial charge is 0.252 e. The molecule has 0 radical (unpaired) electrons. The van der Waals surface area contributed by atoms with Crippen molar-refractivity contribution in [1.29, 1.82) is 0 Å². The highest BCUT2D eigenvalue weighted by Crippen LogP contribution is 2.19. The number of anilines is 1. The average molecular weight is 541 g/mol. The number of hydrogen-bond acceptors (Lipinski definition) is 9. The minimum absolute atomic E-state index is 0.0687. The van der Waals surface area contributed by atoms with E-state index >= 15 is 0 Å². The maximum Gasteiger partial charge on any atom is 0.252 e. The second-order valence-corrected chi connectivity index (χ2v) is 11.9. The van der Waals surface area contributed by atoms with Crippen LogP contribution in [-0.4, -0.2) is 72.6 Å². The van der Waals surface area contributed by atoms with E-state index in [-0.39, 0.29) is 11.6 Å². The zero-order valence-electron chi connectivity index (χ0n) is 20.4. The van der Waals surface area contributed by atoms with Crippen LogP contribution >= 0.6 is 11.9 Å². The predicted molar refractivity (Wildman–Crippen MR) is 145 cm³/mol. The summed E-state index contributed by atoms with van der Waals surface area (Å²) in [4.78, 5) is 26.1. The van der Waals surface area contributed by atoms with Gasteiger partial charge in [0, 0.05) is 54.6 Å². The van der Waals surface area contributed by atoms with E-state index in [2.05, 4.69) is 25.4 Å². The number of piperidine rings is 1. The van der Waals surface area contributed by atoms with Gasteiger partial charge in [-0.3, -0.25) is 9.36 Å². The van der Waals surface area contributed by atoms with E-state index in [1.54, 1.807) is 27.2 Å². The molecule has 4 heterocycles. The molecule has 13 heteroatoms. The van der Waals surface area contributed by atoms with Crippen molar-refractivity contribution in [3.63, 3.8) is 0 Å². The molecule has 1 N–H and O–H groups in total. The Morgan fingerprint density at radius 3 is 2.62 bits per heavy atom. The van der Waals surface area contributed by atoms with Crippen LogP contribution < -0.4 is 10.9 Å². The van der Waals surface area contributed by atoms with Crippen molar-refractivity contribution >= 4 is 39.0 Å². The van der Waals surface area contributed by atoms with Crippen LogP contribution in [0.1, 0.15) is 19.3 Å². The van der Waals surface area contributed by atoms with E-state index in [0.29, 0.717) is 49.9 Å². The van der Waals surface area contributed by atoms with Gasteiger partial charge >= 0.3 is 0 Å². The quantitative estimate of drug-likeness (QED) is 0.318. The number of nitrogens with one attached hydrogen (secondary N) is 1. The molecule has 11 nitrogen and oxygen atoms in total. The zero-order valence-corrected chi connectivity index (χ0v) is 22.0. The molecule has 0 saturated carbocycles. The number of fused-ring (bicyclic) bond motifs is 1. The van der Waals surface area contributed by atoms with Crippen molar-refractivity contribution in [3.8, 4) is 11.4 Å². The Morgan fingerprint density at radius 1 is 1.08 bits per heavy atom. The van der Waals surface area contributed by atoms with Crippen molar-refractivity contribution in [2.24, 2.45) is 0 Å². The van der Waals surface area contributed by atoms with Gasteiger partial charge in [-0.1, -0.05) is 30.3 Å². The number of aromatic nitrogens is 6. The summed E-state index contributed by atoms with van der Waals surface area (Å²) in [5.74, 6) is 1.86. The van der Waals surface area contributed by atoms with Crippen LogP contribution in [0.25, 0.3) is 22.4 Å². The Hall–Kier alpha value is -3.29. The molecule has 0 aliphatic carbocycles.